The van der Waals surface area contributed by atoms with Gasteiger partial charge in [-0.1, -0.05) is 6.07 Å². The first-order valence-corrected chi connectivity index (χ1v) is 7.11. The molecule has 1 atom stereocenters. The third kappa shape index (κ3) is 4.20. The van der Waals surface area contributed by atoms with Crippen LogP contribution in [0.1, 0.15) is 17.3 Å². The standard InChI is InChI=1S/C17H20N2O4/c1-19(11-13-6-4-5-7-18-13)16(17(20)21)12-8-14(22-2)10-15(9-12)23-3/h4-10,16H,11H2,1-3H3,(H,20,21)/t16-/m0/s1. The molecule has 6 heteroatoms. The van der Waals surface area contributed by atoms with Crippen molar-refractivity contribution in [3.05, 3.63) is 53.9 Å². The van der Waals surface area contributed by atoms with Gasteiger partial charge in [-0.3, -0.25) is 14.7 Å². The first-order valence-electron chi connectivity index (χ1n) is 7.11. The second-order valence-corrected chi connectivity index (χ2v) is 5.12. The van der Waals surface area contributed by atoms with E-state index in [1.54, 1.807) is 36.3 Å². The molecule has 2 rings (SSSR count). The van der Waals surface area contributed by atoms with Crippen LogP contribution < -0.4 is 9.47 Å². The summed E-state index contributed by atoms with van der Waals surface area (Å²) in [7, 11) is 4.82. The van der Waals surface area contributed by atoms with Crippen LogP contribution in [0.5, 0.6) is 11.5 Å². The van der Waals surface area contributed by atoms with E-state index in [1.807, 2.05) is 18.2 Å². The van der Waals surface area contributed by atoms with Gasteiger partial charge in [-0.2, -0.15) is 0 Å². The molecule has 1 aromatic carbocycles. The second-order valence-electron chi connectivity index (χ2n) is 5.12. The molecule has 2 aromatic rings. The highest BCUT2D eigenvalue weighted by molar-refractivity contribution is 5.76. The predicted octanol–water partition coefficient (Wildman–Crippen LogP) is 2.36. The number of hydrogen-bond acceptors (Lipinski definition) is 5. The van der Waals surface area contributed by atoms with Crippen LogP contribution >= 0.6 is 0 Å². The van der Waals surface area contributed by atoms with Gasteiger partial charge < -0.3 is 14.6 Å². The van der Waals surface area contributed by atoms with E-state index in [0.29, 0.717) is 23.6 Å². The lowest BCUT2D eigenvalue weighted by Crippen LogP contribution is -2.30. The number of carbonyl (C=O) groups is 1. The molecule has 6 nitrogen and oxygen atoms in total. The highest BCUT2D eigenvalue weighted by Gasteiger charge is 2.26. The van der Waals surface area contributed by atoms with E-state index in [4.69, 9.17) is 9.47 Å². The van der Waals surface area contributed by atoms with Gasteiger partial charge in [0.25, 0.3) is 0 Å². The largest absolute Gasteiger partial charge is 0.497 e. The fourth-order valence-corrected chi connectivity index (χ4v) is 2.41. The van der Waals surface area contributed by atoms with Crippen molar-refractivity contribution in [2.45, 2.75) is 12.6 Å². The zero-order valence-corrected chi connectivity index (χ0v) is 13.4. The van der Waals surface area contributed by atoms with Crippen molar-refractivity contribution < 1.29 is 19.4 Å². The number of aromatic nitrogens is 1. The Bertz CT molecular complexity index is 639. The van der Waals surface area contributed by atoms with Crippen LogP contribution in [-0.2, 0) is 11.3 Å². The van der Waals surface area contributed by atoms with Crippen molar-refractivity contribution >= 4 is 5.97 Å². The van der Waals surface area contributed by atoms with Gasteiger partial charge >= 0.3 is 5.97 Å². The minimum Gasteiger partial charge on any atom is -0.497 e. The molecule has 122 valence electrons. The molecule has 0 unspecified atom stereocenters. The van der Waals surface area contributed by atoms with Gasteiger partial charge in [0.1, 0.15) is 17.5 Å². The summed E-state index contributed by atoms with van der Waals surface area (Å²) in [5, 5.41) is 9.66. The zero-order chi connectivity index (χ0) is 16.8. The quantitative estimate of drug-likeness (QED) is 0.845. The molecule has 0 aliphatic rings. The summed E-state index contributed by atoms with van der Waals surface area (Å²) in [4.78, 5) is 17.7. The molecule has 0 radical (unpaired) electrons. The minimum atomic E-state index is -0.946. The number of ether oxygens (including phenoxy) is 2. The zero-order valence-electron chi connectivity index (χ0n) is 13.4. The van der Waals surface area contributed by atoms with E-state index in [9.17, 15) is 9.90 Å². The van der Waals surface area contributed by atoms with Gasteiger partial charge in [0, 0.05) is 18.8 Å². The van der Waals surface area contributed by atoms with E-state index in [2.05, 4.69) is 4.98 Å². The number of rotatable bonds is 7. The SMILES string of the molecule is COc1cc(OC)cc([C@@H](C(=O)O)N(C)Cc2ccccn2)c1. The Morgan fingerprint density at radius 2 is 1.87 bits per heavy atom. The average Bonchev–Trinajstić information content (AvgIpc) is 2.55. The van der Waals surface area contributed by atoms with Gasteiger partial charge in [-0.25, -0.2) is 0 Å². The third-order valence-corrected chi connectivity index (χ3v) is 3.50. The first-order chi connectivity index (χ1) is 11.0. The Labute approximate surface area is 135 Å². The Hall–Kier alpha value is -2.60. The summed E-state index contributed by atoms with van der Waals surface area (Å²) in [6.07, 6.45) is 1.69. The summed E-state index contributed by atoms with van der Waals surface area (Å²) in [5.41, 5.74) is 1.39. The number of methoxy groups -OCH3 is 2. The maximum absolute atomic E-state index is 11.8. The lowest BCUT2D eigenvalue weighted by atomic mass is 10.0. The molecule has 0 aliphatic carbocycles. The number of pyridine rings is 1. The number of aliphatic carboxylic acids is 1. The molecule has 0 fully saturated rings. The number of carboxylic acids is 1. The van der Waals surface area contributed by atoms with E-state index in [1.165, 1.54) is 14.2 Å². The average molecular weight is 316 g/mol. The van der Waals surface area contributed by atoms with Crippen molar-refractivity contribution in [3.63, 3.8) is 0 Å². The van der Waals surface area contributed by atoms with E-state index >= 15 is 0 Å². The monoisotopic (exact) mass is 316 g/mol. The smallest absolute Gasteiger partial charge is 0.325 e. The normalized spacial score (nSPS) is 12.0. The highest BCUT2D eigenvalue weighted by Crippen LogP contribution is 2.29. The Kier molecular flexibility index (Phi) is 5.54. The number of benzene rings is 1. The summed E-state index contributed by atoms with van der Waals surface area (Å²) in [6.45, 7) is 0.414. The number of nitrogens with zero attached hydrogens (tertiary/aromatic N) is 2. The minimum absolute atomic E-state index is 0.414. The third-order valence-electron chi connectivity index (χ3n) is 3.50. The van der Waals surface area contributed by atoms with Crippen molar-refractivity contribution in [2.24, 2.45) is 0 Å². The molecule has 23 heavy (non-hydrogen) atoms. The fourth-order valence-electron chi connectivity index (χ4n) is 2.41. The maximum atomic E-state index is 11.8. The van der Waals surface area contributed by atoms with Crippen molar-refractivity contribution in [3.8, 4) is 11.5 Å². The Balaban J connectivity index is 2.32. The molecular formula is C17H20N2O4. The van der Waals surface area contributed by atoms with Gasteiger partial charge in [-0.05, 0) is 36.9 Å². The molecule has 0 saturated carbocycles. The van der Waals surface area contributed by atoms with Crippen molar-refractivity contribution in [1.29, 1.82) is 0 Å². The maximum Gasteiger partial charge on any atom is 0.325 e. The fraction of sp³-hybridized carbons (Fsp3) is 0.294. The summed E-state index contributed by atoms with van der Waals surface area (Å²) < 4.78 is 10.4. The molecular weight excluding hydrogens is 296 g/mol. The molecule has 1 heterocycles. The topological polar surface area (TPSA) is 71.9 Å². The lowest BCUT2D eigenvalue weighted by molar-refractivity contribution is -0.143. The number of likely N-dealkylation sites (N-methyl/N-ethyl adjacent to an activating group) is 1. The van der Waals surface area contributed by atoms with Crippen LogP contribution in [0.4, 0.5) is 0 Å². The molecule has 0 amide bonds. The van der Waals surface area contributed by atoms with Gasteiger partial charge in [0.15, 0.2) is 0 Å². The lowest BCUT2D eigenvalue weighted by Gasteiger charge is -2.25. The van der Waals surface area contributed by atoms with Crippen LogP contribution in [0, 0.1) is 0 Å². The first kappa shape index (κ1) is 16.8. The van der Waals surface area contributed by atoms with Crippen LogP contribution in [0.3, 0.4) is 0 Å². The molecule has 1 aromatic heterocycles. The second kappa shape index (κ2) is 7.60. The van der Waals surface area contributed by atoms with Crippen molar-refractivity contribution in [2.75, 3.05) is 21.3 Å². The Morgan fingerprint density at radius 1 is 1.22 bits per heavy atom. The summed E-state index contributed by atoms with van der Waals surface area (Å²) in [5.74, 6) is 0.160. The van der Waals surface area contributed by atoms with E-state index in [-0.39, 0.29) is 0 Å². The molecule has 0 saturated heterocycles. The number of hydrogen-bond donors (Lipinski definition) is 1. The molecule has 1 N–H and O–H groups in total. The molecule has 0 aliphatic heterocycles. The van der Waals surface area contributed by atoms with Crippen LogP contribution in [0.2, 0.25) is 0 Å². The van der Waals surface area contributed by atoms with Gasteiger partial charge in [0.05, 0.1) is 19.9 Å². The van der Waals surface area contributed by atoms with Gasteiger partial charge in [0.2, 0.25) is 0 Å². The summed E-state index contributed by atoms with van der Waals surface area (Å²) >= 11 is 0. The number of carboxylic acid groups (broad SMARTS) is 1. The summed E-state index contributed by atoms with van der Waals surface area (Å²) in [6, 6.07) is 9.85. The van der Waals surface area contributed by atoms with Crippen LogP contribution in [0.25, 0.3) is 0 Å². The van der Waals surface area contributed by atoms with Gasteiger partial charge in [-0.15, -0.1) is 0 Å². The highest BCUT2D eigenvalue weighted by atomic mass is 16.5. The Morgan fingerprint density at radius 3 is 2.35 bits per heavy atom. The van der Waals surface area contributed by atoms with Crippen LogP contribution in [-0.4, -0.2) is 42.2 Å². The van der Waals surface area contributed by atoms with Crippen molar-refractivity contribution in [1.82, 2.24) is 9.88 Å². The van der Waals surface area contributed by atoms with E-state index in [0.717, 1.165) is 5.69 Å². The van der Waals surface area contributed by atoms with E-state index < -0.39 is 12.0 Å². The molecule has 0 spiro atoms. The predicted molar refractivity (Wildman–Crippen MR) is 85.6 cm³/mol. The molecule has 0 bridgehead atoms. The van der Waals surface area contributed by atoms with Crippen LogP contribution in [0.15, 0.2) is 42.6 Å².